The Hall–Kier alpha value is -3.67. The summed E-state index contributed by atoms with van der Waals surface area (Å²) >= 11 is 0. The number of nitrogens with zero attached hydrogens (tertiary/aromatic N) is 2. The van der Waals surface area contributed by atoms with Gasteiger partial charge in [0.05, 0.1) is 24.5 Å². The molecule has 1 aliphatic rings. The molecule has 2 amide bonds. The monoisotopic (exact) mass is 429 g/mol. The van der Waals surface area contributed by atoms with E-state index in [2.05, 4.69) is 31.1 Å². The summed E-state index contributed by atoms with van der Waals surface area (Å²) < 4.78 is 5.65. The van der Waals surface area contributed by atoms with Gasteiger partial charge in [0.2, 0.25) is 0 Å². The van der Waals surface area contributed by atoms with E-state index in [9.17, 15) is 9.59 Å². The van der Waals surface area contributed by atoms with Gasteiger partial charge in [0, 0.05) is 11.8 Å². The lowest BCUT2D eigenvalue weighted by Crippen LogP contribution is -2.38. The van der Waals surface area contributed by atoms with Gasteiger partial charge in [0.1, 0.15) is 5.75 Å². The van der Waals surface area contributed by atoms with Crippen molar-refractivity contribution < 1.29 is 14.3 Å². The number of benzene rings is 2. The second-order valence-electron chi connectivity index (χ2n) is 8.91. The lowest BCUT2D eigenvalue weighted by atomic mass is 9.86. The third-order valence-corrected chi connectivity index (χ3v) is 5.45. The first-order chi connectivity index (χ1) is 15.3. The van der Waals surface area contributed by atoms with Gasteiger partial charge in [0.25, 0.3) is 11.8 Å². The van der Waals surface area contributed by atoms with Crippen molar-refractivity contribution in [1.82, 2.24) is 10.3 Å². The van der Waals surface area contributed by atoms with Gasteiger partial charge in [-0.1, -0.05) is 45.0 Å². The standard InChI is InChI=1S/C26H27N3O3/c1-26(2,3)20-10-11-23-22(14-20)29(24(30)17-32-23)16-18-7-6-8-19(13-18)25(31)28-15-21-9-4-5-12-27-21/h4-14H,15-17H2,1-3H3,(H,28,31). The number of nitrogens with one attached hydrogen (secondary N) is 1. The van der Waals surface area contributed by atoms with E-state index in [-0.39, 0.29) is 23.8 Å². The van der Waals surface area contributed by atoms with Gasteiger partial charge in [-0.15, -0.1) is 0 Å². The van der Waals surface area contributed by atoms with Crippen molar-refractivity contribution in [2.45, 2.75) is 39.3 Å². The van der Waals surface area contributed by atoms with E-state index in [0.29, 0.717) is 24.4 Å². The first-order valence-corrected chi connectivity index (χ1v) is 10.7. The molecule has 0 atom stereocenters. The SMILES string of the molecule is CC(C)(C)c1ccc2c(c1)N(Cc1cccc(C(=O)NCc3ccccn3)c1)C(=O)CO2. The van der Waals surface area contributed by atoms with Crippen LogP contribution in [0.1, 0.15) is 48.0 Å². The first kappa shape index (κ1) is 21.6. The zero-order chi connectivity index (χ0) is 22.7. The highest BCUT2D eigenvalue weighted by Crippen LogP contribution is 2.37. The summed E-state index contributed by atoms with van der Waals surface area (Å²) in [5, 5.41) is 2.89. The molecule has 1 aliphatic heterocycles. The summed E-state index contributed by atoms with van der Waals surface area (Å²) in [7, 11) is 0. The van der Waals surface area contributed by atoms with Crippen LogP contribution in [-0.2, 0) is 23.3 Å². The number of rotatable bonds is 5. The highest BCUT2D eigenvalue weighted by Gasteiger charge is 2.27. The Balaban J connectivity index is 1.53. The highest BCUT2D eigenvalue weighted by atomic mass is 16.5. The van der Waals surface area contributed by atoms with E-state index in [0.717, 1.165) is 22.5 Å². The van der Waals surface area contributed by atoms with Crippen LogP contribution in [-0.4, -0.2) is 23.4 Å². The topological polar surface area (TPSA) is 71.5 Å². The second-order valence-corrected chi connectivity index (χ2v) is 8.91. The van der Waals surface area contributed by atoms with E-state index < -0.39 is 0 Å². The van der Waals surface area contributed by atoms with Crippen LogP contribution in [0.2, 0.25) is 0 Å². The number of hydrogen-bond donors (Lipinski definition) is 1. The van der Waals surface area contributed by atoms with Gasteiger partial charge < -0.3 is 15.0 Å². The molecular formula is C26H27N3O3. The largest absolute Gasteiger partial charge is 0.482 e. The van der Waals surface area contributed by atoms with Crippen LogP contribution in [0.3, 0.4) is 0 Å². The molecule has 0 saturated carbocycles. The smallest absolute Gasteiger partial charge is 0.265 e. The lowest BCUT2D eigenvalue weighted by molar-refractivity contribution is -0.121. The minimum absolute atomic E-state index is 0.00607. The first-order valence-electron chi connectivity index (χ1n) is 10.7. The average molecular weight is 430 g/mol. The summed E-state index contributed by atoms with van der Waals surface area (Å²) in [4.78, 5) is 31.3. The van der Waals surface area contributed by atoms with Gasteiger partial charge >= 0.3 is 0 Å². The molecule has 3 aromatic rings. The molecule has 0 aliphatic carbocycles. The molecule has 6 heteroatoms. The lowest BCUT2D eigenvalue weighted by Gasteiger charge is -2.31. The Morgan fingerprint density at radius 3 is 2.69 bits per heavy atom. The molecule has 0 unspecified atom stereocenters. The minimum Gasteiger partial charge on any atom is -0.482 e. The maximum absolute atomic E-state index is 12.7. The number of ether oxygens (including phenoxy) is 1. The predicted octanol–water partition coefficient (Wildman–Crippen LogP) is 4.23. The summed E-state index contributed by atoms with van der Waals surface area (Å²) in [5.74, 6) is 0.414. The number of amides is 2. The summed E-state index contributed by atoms with van der Waals surface area (Å²) in [5.41, 5.74) is 4.05. The van der Waals surface area contributed by atoms with Crippen molar-refractivity contribution in [3.8, 4) is 5.75 Å². The Bertz CT molecular complexity index is 1140. The molecule has 0 spiro atoms. The summed E-state index contributed by atoms with van der Waals surface area (Å²) in [6, 6.07) is 18.9. The molecule has 0 fully saturated rings. The van der Waals surface area contributed by atoms with Crippen molar-refractivity contribution in [1.29, 1.82) is 0 Å². The number of carbonyl (C=O) groups excluding carboxylic acids is 2. The Morgan fingerprint density at radius 2 is 1.94 bits per heavy atom. The Morgan fingerprint density at radius 1 is 1.09 bits per heavy atom. The van der Waals surface area contributed by atoms with Crippen LogP contribution in [0.5, 0.6) is 5.75 Å². The summed E-state index contributed by atoms with van der Waals surface area (Å²) in [6.07, 6.45) is 1.70. The molecule has 32 heavy (non-hydrogen) atoms. The Labute approximate surface area is 188 Å². The molecule has 1 aromatic heterocycles. The maximum Gasteiger partial charge on any atom is 0.265 e. The maximum atomic E-state index is 12.7. The molecule has 2 aromatic carbocycles. The number of fused-ring (bicyclic) bond motifs is 1. The van der Waals surface area contributed by atoms with Gasteiger partial charge in [-0.05, 0) is 52.9 Å². The highest BCUT2D eigenvalue weighted by molar-refractivity contribution is 5.98. The second kappa shape index (κ2) is 8.83. The number of carbonyl (C=O) groups is 2. The van der Waals surface area contributed by atoms with E-state index in [1.54, 1.807) is 17.2 Å². The van der Waals surface area contributed by atoms with Gasteiger partial charge in [-0.2, -0.15) is 0 Å². The fourth-order valence-electron chi connectivity index (χ4n) is 3.61. The van der Waals surface area contributed by atoms with Gasteiger partial charge in [0.15, 0.2) is 6.61 Å². The van der Waals surface area contributed by atoms with Crippen LogP contribution in [0.4, 0.5) is 5.69 Å². The van der Waals surface area contributed by atoms with Crippen LogP contribution in [0, 0.1) is 0 Å². The van der Waals surface area contributed by atoms with E-state index >= 15 is 0 Å². The molecule has 0 saturated heterocycles. The van der Waals surface area contributed by atoms with Crippen LogP contribution < -0.4 is 15.0 Å². The van der Waals surface area contributed by atoms with Crippen LogP contribution in [0.25, 0.3) is 0 Å². The van der Waals surface area contributed by atoms with Crippen molar-refractivity contribution in [2.75, 3.05) is 11.5 Å². The zero-order valence-electron chi connectivity index (χ0n) is 18.6. The van der Waals surface area contributed by atoms with E-state index in [4.69, 9.17) is 4.74 Å². The third kappa shape index (κ3) is 4.80. The number of pyridine rings is 1. The molecule has 0 bridgehead atoms. The van der Waals surface area contributed by atoms with Crippen molar-refractivity contribution in [3.05, 3.63) is 89.2 Å². The quantitative estimate of drug-likeness (QED) is 0.659. The van der Waals surface area contributed by atoms with Crippen LogP contribution >= 0.6 is 0 Å². The third-order valence-electron chi connectivity index (χ3n) is 5.45. The van der Waals surface area contributed by atoms with E-state index in [1.165, 1.54) is 0 Å². The van der Waals surface area contributed by atoms with Crippen LogP contribution in [0.15, 0.2) is 66.9 Å². The fourth-order valence-corrected chi connectivity index (χ4v) is 3.61. The molecule has 0 radical (unpaired) electrons. The molecular weight excluding hydrogens is 402 g/mol. The normalized spacial score (nSPS) is 13.3. The van der Waals surface area contributed by atoms with Gasteiger partial charge in [-0.3, -0.25) is 14.6 Å². The Kier molecular flexibility index (Phi) is 5.95. The molecule has 2 heterocycles. The molecule has 1 N–H and O–H groups in total. The average Bonchev–Trinajstić information content (AvgIpc) is 2.79. The predicted molar refractivity (Wildman–Crippen MR) is 124 cm³/mol. The molecule has 164 valence electrons. The minimum atomic E-state index is -0.179. The number of anilines is 1. The van der Waals surface area contributed by atoms with Crippen molar-refractivity contribution in [3.63, 3.8) is 0 Å². The fraction of sp³-hybridized carbons (Fsp3) is 0.269. The molecule has 6 nitrogen and oxygen atoms in total. The molecule has 4 rings (SSSR count). The summed E-state index contributed by atoms with van der Waals surface area (Å²) in [6.45, 7) is 7.14. The van der Waals surface area contributed by atoms with Gasteiger partial charge in [-0.25, -0.2) is 0 Å². The number of aromatic nitrogens is 1. The zero-order valence-corrected chi connectivity index (χ0v) is 18.6. The van der Waals surface area contributed by atoms with Crippen molar-refractivity contribution in [2.24, 2.45) is 0 Å². The van der Waals surface area contributed by atoms with Crippen molar-refractivity contribution >= 4 is 17.5 Å². The number of hydrogen-bond acceptors (Lipinski definition) is 4. The van der Waals surface area contributed by atoms with E-state index in [1.807, 2.05) is 54.6 Å².